The number of amides is 2. The minimum atomic E-state index is -4.17. The number of carbonyl (C=O) groups is 2. The smallest absolute Gasteiger partial charge is 0.266 e. The van der Waals surface area contributed by atoms with Crippen molar-refractivity contribution in [3.63, 3.8) is 0 Å². The molecule has 0 radical (unpaired) electrons. The monoisotopic (exact) mass is 652 g/mol. The molecular formula is C34H34Cl2N2O5S. The topological polar surface area (TPSA) is 113 Å². The fourth-order valence-electron chi connectivity index (χ4n) is 4.69. The highest BCUT2D eigenvalue weighted by Gasteiger charge is 2.23. The summed E-state index contributed by atoms with van der Waals surface area (Å²) in [4.78, 5) is 26.1. The molecule has 0 saturated carbocycles. The summed E-state index contributed by atoms with van der Waals surface area (Å²) in [5, 5.41) is 6.61. The van der Waals surface area contributed by atoms with Gasteiger partial charge in [-0.1, -0.05) is 98.6 Å². The van der Waals surface area contributed by atoms with E-state index < -0.39 is 27.7 Å². The van der Waals surface area contributed by atoms with E-state index in [4.69, 9.17) is 27.8 Å². The van der Waals surface area contributed by atoms with E-state index in [9.17, 15) is 18.0 Å². The molecule has 0 fully saturated rings. The molecule has 1 unspecified atom stereocenters. The van der Waals surface area contributed by atoms with Crippen LogP contribution in [0.25, 0.3) is 11.1 Å². The van der Waals surface area contributed by atoms with Crippen LogP contribution in [0.1, 0.15) is 53.7 Å². The van der Waals surface area contributed by atoms with Crippen molar-refractivity contribution in [2.75, 3.05) is 17.6 Å². The fourth-order valence-corrected chi connectivity index (χ4v) is 5.56. The SMILES string of the molecule is CC(C)(C)c1ccc(C(Cc2ccc(C(=O)NCCS(=O)(=O)O)cc2)C(=O)Nc2ccc(-c3ccc(Cl)cc3Cl)cc2)cc1. The molecule has 3 N–H and O–H groups in total. The number of hydrogen-bond donors (Lipinski definition) is 3. The molecule has 0 bridgehead atoms. The lowest BCUT2D eigenvalue weighted by Crippen LogP contribution is -2.28. The third kappa shape index (κ3) is 9.16. The van der Waals surface area contributed by atoms with Gasteiger partial charge in [-0.2, -0.15) is 8.42 Å². The van der Waals surface area contributed by atoms with Gasteiger partial charge in [0.15, 0.2) is 0 Å². The van der Waals surface area contributed by atoms with Gasteiger partial charge in [0.2, 0.25) is 5.91 Å². The largest absolute Gasteiger partial charge is 0.351 e. The van der Waals surface area contributed by atoms with Gasteiger partial charge in [-0.3, -0.25) is 14.1 Å². The molecule has 4 aromatic rings. The van der Waals surface area contributed by atoms with Gasteiger partial charge in [-0.05, 0) is 70.5 Å². The maximum atomic E-state index is 13.7. The van der Waals surface area contributed by atoms with Crippen molar-refractivity contribution in [2.45, 2.75) is 38.5 Å². The Morgan fingerprint density at radius 2 is 1.50 bits per heavy atom. The number of carbonyl (C=O) groups excluding carboxylic acids is 2. The molecule has 0 aliphatic heterocycles. The summed E-state index contributed by atoms with van der Waals surface area (Å²) >= 11 is 12.4. The number of nitrogens with one attached hydrogen (secondary N) is 2. The molecule has 2 amide bonds. The highest BCUT2D eigenvalue weighted by molar-refractivity contribution is 7.85. The average Bonchev–Trinajstić information content (AvgIpc) is 2.95. The number of benzene rings is 4. The zero-order valence-electron chi connectivity index (χ0n) is 24.6. The molecule has 0 aromatic heterocycles. The van der Waals surface area contributed by atoms with Crippen molar-refractivity contribution in [3.8, 4) is 11.1 Å². The zero-order valence-corrected chi connectivity index (χ0v) is 26.9. The first-order valence-electron chi connectivity index (χ1n) is 14.0. The molecule has 0 saturated heterocycles. The van der Waals surface area contributed by atoms with E-state index in [0.717, 1.165) is 27.8 Å². The van der Waals surface area contributed by atoms with E-state index in [0.29, 0.717) is 27.7 Å². The molecule has 0 heterocycles. The molecule has 0 spiro atoms. The van der Waals surface area contributed by atoms with Crippen molar-refractivity contribution in [2.24, 2.45) is 0 Å². The summed E-state index contributed by atoms with van der Waals surface area (Å²) in [6.07, 6.45) is 0.379. The zero-order chi connectivity index (χ0) is 32.1. The number of anilines is 1. The van der Waals surface area contributed by atoms with E-state index in [-0.39, 0.29) is 17.9 Å². The standard InChI is InChI=1S/C34H34Cl2N2O5S/c1-34(2,3)26-12-8-24(9-13-26)30(20-22-4-6-25(7-5-22)32(39)37-18-19-44(41,42)43)33(40)38-28-15-10-23(11-16-28)29-17-14-27(35)21-31(29)36/h4-17,21,30H,18-20H2,1-3H3,(H,37,39)(H,38,40)(H,41,42,43). The van der Waals surface area contributed by atoms with Gasteiger partial charge in [0.25, 0.3) is 16.0 Å². The highest BCUT2D eigenvalue weighted by atomic mass is 35.5. The third-order valence-electron chi connectivity index (χ3n) is 7.19. The van der Waals surface area contributed by atoms with E-state index >= 15 is 0 Å². The van der Waals surface area contributed by atoms with Crippen LogP contribution < -0.4 is 10.6 Å². The minimum Gasteiger partial charge on any atom is -0.351 e. The van der Waals surface area contributed by atoms with Crippen molar-refractivity contribution >= 4 is 50.8 Å². The lowest BCUT2D eigenvalue weighted by Gasteiger charge is -2.22. The van der Waals surface area contributed by atoms with E-state index in [2.05, 4.69) is 31.4 Å². The summed E-state index contributed by atoms with van der Waals surface area (Å²) in [5.74, 6) is -1.74. The van der Waals surface area contributed by atoms with Crippen LogP contribution in [-0.4, -0.2) is 37.1 Å². The van der Waals surface area contributed by atoms with Crippen LogP contribution in [0.3, 0.4) is 0 Å². The van der Waals surface area contributed by atoms with Crippen LogP contribution in [0.15, 0.2) is 91.0 Å². The number of rotatable bonds is 10. The lowest BCUT2D eigenvalue weighted by atomic mass is 9.84. The lowest BCUT2D eigenvalue weighted by molar-refractivity contribution is -0.117. The van der Waals surface area contributed by atoms with Crippen molar-refractivity contribution < 1.29 is 22.6 Å². The molecule has 1 atom stereocenters. The summed E-state index contributed by atoms with van der Waals surface area (Å²) < 4.78 is 30.7. The molecule has 4 rings (SSSR count). The molecule has 0 aliphatic rings. The van der Waals surface area contributed by atoms with Gasteiger partial charge in [0, 0.05) is 33.4 Å². The van der Waals surface area contributed by atoms with Crippen LogP contribution >= 0.6 is 23.2 Å². The van der Waals surface area contributed by atoms with Gasteiger partial charge in [0.05, 0.1) is 11.7 Å². The minimum absolute atomic E-state index is 0.0389. The van der Waals surface area contributed by atoms with Crippen LogP contribution in [0.5, 0.6) is 0 Å². The predicted molar refractivity (Wildman–Crippen MR) is 177 cm³/mol. The number of hydrogen-bond acceptors (Lipinski definition) is 4. The first-order valence-corrected chi connectivity index (χ1v) is 16.4. The Morgan fingerprint density at radius 1 is 0.864 bits per heavy atom. The van der Waals surface area contributed by atoms with Gasteiger partial charge in [0.1, 0.15) is 0 Å². The molecule has 230 valence electrons. The second-order valence-corrected chi connectivity index (χ2v) is 14.0. The summed E-state index contributed by atoms with van der Waals surface area (Å²) in [6, 6.07) is 27.6. The molecule has 44 heavy (non-hydrogen) atoms. The van der Waals surface area contributed by atoms with Crippen LogP contribution in [0.4, 0.5) is 5.69 Å². The Bertz CT molecular complexity index is 1730. The Balaban J connectivity index is 1.53. The van der Waals surface area contributed by atoms with Crippen molar-refractivity contribution in [1.82, 2.24) is 5.32 Å². The normalized spacial score (nSPS) is 12.4. The Morgan fingerprint density at radius 3 is 2.07 bits per heavy atom. The quantitative estimate of drug-likeness (QED) is 0.153. The van der Waals surface area contributed by atoms with Crippen molar-refractivity contribution in [1.29, 1.82) is 0 Å². The predicted octanol–water partition coefficient (Wildman–Crippen LogP) is 7.54. The van der Waals surface area contributed by atoms with Gasteiger partial charge in [-0.25, -0.2) is 0 Å². The maximum Gasteiger partial charge on any atom is 0.266 e. The number of halogens is 2. The molecule has 7 nitrogen and oxygen atoms in total. The summed E-state index contributed by atoms with van der Waals surface area (Å²) in [6.45, 7) is 6.19. The van der Waals surface area contributed by atoms with Gasteiger partial charge < -0.3 is 10.6 Å². The van der Waals surface area contributed by atoms with Crippen LogP contribution in [-0.2, 0) is 26.7 Å². The Kier molecular flexibility index (Phi) is 10.5. The van der Waals surface area contributed by atoms with Crippen LogP contribution in [0, 0.1) is 0 Å². The van der Waals surface area contributed by atoms with Gasteiger partial charge >= 0.3 is 0 Å². The fraction of sp³-hybridized carbons (Fsp3) is 0.235. The average molecular weight is 654 g/mol. The van der Waals surface area contributed by atoms with E-state index in [1.807, 2.05) is 54.6 Å². The summed E-state index contributed by atoms with van der Waals surface area (Å²) in [5.41, 5.74) is 5.50. The Labute approximate surface area is 268 Å². The molecule has 4 aromatic carbocycles. The first-order chi connectivity index (χ1) is 20.7. The summed E-state index contributed by atoms with van der Waals surface area (Å²) in [7, 11) is -4.17. The van der Waals surface area contributed by atoms with Gasteiger partial charge in [-0.15, -0.1) is 0 Å². The molecule has 0 aliphatic carbocycles. The highest BCUT2D eigenvalue weighted by Crippen LogP contribution is 2.32. The second kappa shape index (κ2) is 13.9. The second-order valence-electron chi connectivity index (χ2n) is 11.6. The first kappa shape index (κ1) is 33.2. The molecular weight excluding hydrogens is 619 g/mol. The van der Waals surface area contributed by atoms with E-state index in [1.54, 1.807) is 36.4 Å². The molecule has 10 heteroatoms. The Hall–Kier alpha value is -3.69. The maximum absolute atomic E-state index is 13.7. The van der Waals surface area contributed by atoms with Crippen molar-refractivity contribution in [3.05, 3.63) is 123 Å². The van der Waals surface area contributed by atoms with Crippen LogP contribution in [0.2, 0.25) is 10.0 Å². The third-order valence-corrected chi connectivity index (χ3v) is 8.46. The van der Waals surface area contributed by atoms with E-state index in [1.165, 1.54) is 0 Å².